The summed E-state index contributed by atoms with van der Waals surface area (Å²) in [7, 11) is 0. The van der Waals surface area contributed by atoms with Crippen LogP contribution in [-0.2, 0) is 0 Å². The third-order valence-corrected chi connectivity index (χ3v) is 1.50. The fourth-order valence-corrected chi connectivity index (χ4v) is 0.746. The van der Waals surface area contributed by atoms with E-state index >= 15 is 0 Å². The van der Waals surface area contributed by atoms with Crippen LogP contribution in [-0.4, -0.2) is 25.4 Å². The van der Waals surface area contributed by atoms with Gasteiger partial charge in [0.1, 0.15) is 21.4 Å². The predicted molar refractivity (Wildman–Crippen MR) is 51.6 cm³/mol. The molecule has 1 rings (SSSR count). The van der Waals surface area contributed by atoms with Gasteiger partial charge in [0.05, 0.1) is 0 Å². The van der Waals surface area contributed by atoms with Gasteiger partial charge in [-0.25, -0.2) is 0 Å². The number of aromatic nitrogens is 3. The lowest BCUT2D eigenvalue weighted by Gasteiger charge is -1.97. The Kier molecular flexibility index (Phi) is 2.56. The quantitative estimate of drug-likeness (QED) is 0.599. The Morgan fingerprint density at radius 2 is 1.50 bits per heavy atom. The fourth-order valence-electron chi connectivity index (χ4n) is 0.547. The molecular weight excluding hydrogens is 194 g/mol. The van der Waals surface area contributed by atoms with Crippen LogP contribution in [0.1, 0.15) is 11.4 Å². The molecule has 0 aliphatic rings. The minimum absolute atomic E-state index is 0.141. The molecule has 0 atom stereocenters. The van der Waals surface area contributed by atoms with E-state index in [1.165, 1.54) is 6.07 Å². The summed E-state index contributed by atoms with van der Waals surface area (Å²) in [6.45, 7) is 0. The number of hydrogen-bond acceptors (Lipinski definition) is 5. The smallest absolute Gasteiger partial charge is 0.124 e. The van der Waals surface area contributed by atoms with Gasteiger partial charge in [0.25, 0.3) is 0 Å². The third-order valence-electron chi connectivity index (χ3n) is 1.08. The van der Waals surface area contributed by atoms with Crippen LogP contribution in [0.4, 0.5) is 0 Å². The normalized spacial score (nSPS) is 9.33. The number of thiocarbonyl (C=S) groups is 2. The number of nitrogens with two attached hydrogens (primary N) is 2. The topological polar surface area (TPSA) is 90.7 Å². The van der Waals surface area contributed by atoms with Gasteiger partial charge in [-0.05, 0) is 11.3 Å². The molecule has 0 unspecified atom stereocenters. The molecule has 0 spiro atoms. The van der Waals surface area contributed by atoms with Crippen molar-refractivity contribution in [3.05, 3.63) is 17.5 Å². The summed E-state index contributed by atoms with van der Waals surface area (Å²) in [6, 6.07) is 1.50. The average Bonchev–Trinajstić information content (AvgIpc) is 2.04. The summed E-state index contributed by atoms with van der Waals surface area (Å²) in [5.41, 5.74) is 11.3. The van der Waals surface area contributed by atoms with Crippen LogP contribution in [0.5, 0.6) is 0 Å². The van der Waals surface area contributed by atoms with Crippen LogP contribution < -0.4 is 11.5 Å². The minimum Gasteiger partial charge on any atom is -0.388 e. The maximum Gasteiger partial charge on any atom is 0.124 e. The average molecular weight is 199 g/mol. The van der Waals surface area contributed by atoms with E-state index in [0.717, 1.165) is 0 Å². The molecule has 0 amide bonds. The monoisotopic (exact) mass is 199 g/mol. The molecule has 4 N–H and O–H groups in total. The van der Waals surface area contributed by atoms with Crippen molar-refractivity contribution >= 4 is 34.4 Å². The first kappa shape index (κ1) is 8.88. The Morgan fingerprint density at radius 1 is 1.08 bits per heavy atom. The van der Waals surface area contributed by atoms with Gasteiger partial charge in [0.2, 0.25) is 0 Å². The molecule has 0 radical (unpaired) electrons. The van der Waals surface area contributed by atoms with Crippen molar-refractivity contribution in [3.63, 3.8) is 0 Å². The lowest BCUT2D eigenvalue weighted by atomic mass is 10.3. The molecule has 1 heterocycles. The maximum absolute atomic E-state index is 5.30. The van der Waals surface area contributed by atoms with E-state index in [2.05, 4.69) is 39.8 Å². The van der Waals surface area contributed by atoms with Crippen LogP contribution in [0.15, 0.2) is 6.07 Å². The number of nitrogens with zero attached hydrogens (tertiary/aromatic N) is 3. The molecule has 0 fully saturated rings. The Morgan fingerprint density at radius 3 is 1.83 bits per heavy atom. The second-order valence-electron chi connectivity index (χ2n) is 1.93. The van der Waals surface area contributed by atoms with E-state index in [1.807, 2.05) is 0 Å². The number of rotatable bonds is 2. The standard InChI is InChI=1S/C5H5N5S2/c6-4(11)2-1-3(5(7)12)9-10-8-2/h1H,(H2,6,11)(H2,7,12). The van der Waals surface area contributed by atoms with Crippen molar-refractivity contribution in [2.45, 2.75) is 0 Å². The first-order valence-electron chi connectivity index (χ1n) is 2.91. The van der Waals surface area contributed by atoms with Gasteiger partial charge in [-0.2, -0.15) is 0 Å². The van der Waals surface area contributed by atoms with Gasteiger partial charge in [-0.15, -0.1) is 10.2 Å². The first-order chi connectivity index (χ1) is 5.61. The van der Waals surface area contributed by atoms with E-state index < -0.39 is 0 Å². The Balaban J connectivity index is 3.12. The second kappa shape index (κ2) is 3.46. The summed E-state index contributed by atoms with van der Waals surface area (Å²) in [5, 5.41) is 10.5. The molecule has 7 heteroatoms. The van der Waals surface area contributed by atoms with Gasteiger partial charge in [0, 0.05) is 0 Å². The highest BCUT2D eigenvalue weighted by atomic mass is 32.1. The van der Waals surface area contributed by atoms with Gasteiger partial charge in [-0.1, -0.05) is 24.4 Å². The molecule has 0 saturated heterocycles. The van der Waals surface area contributed by atoms with Crippen molar-refractivity contribution in [3.8, 4) is 0 Å². The van der Waals surface area contributed by atoms with E-state index in [0.29, 0.717) is 11.4 Å². The van der Waals surface area contributed by atoms with Crippen LogP contribution in [0.25, 0.3) is 0 Å². The largest absolute Gasteiger partial charge is 0.388 e. The van der Waals surface area contributed by atoms with E-state index in [4.69, 9.17) is 11.5 Å². The highest BCUT2D eigenvalue weighted by molar-refractivity contribution is 7.81. The summed E-state index contributed by atoms with van der Waals surface area (Å²) < 4.78 is 0. The Hall–Kier alpha value is -1.21. The molecule has 0 aliphatic carbocycles. The molecule has 1 aromatic heterocycles. The van der Waals surface area contributed by atoms with Gasteiger partial charge < -0.3 is 11.5 Å². The summed E-state index contributed by atoms with van der Waals surface area (Å²) in [6.07, 6.45) is 0. The van der Waals surface area contributed by atoms with Crippen molar-refractivity contribution in [1.29, 1.82) is 0 Å². The lowest BCUT2D eigenvalue weighted by molar-refractivity contribution is 0.852. The highest BCUT2D eigenvalue weighted by Gasteiger charge is 2.03. The third kappa shape index (κ3) is 1.89. The zero-order valence-corrected chi connectivity index (χ0v) is 7.52. The van der Waals surface area contributed by atoms with Crippen LogP contribution >= 0.6 is 24.4 Å². The summed E-state index contributed by atoms with van der Waals surface area (Å²) >= 11 is 9.34. The zero-order valence-electron chi connectivity index (χ0n) is 5.89. The van der Waals surface area contributed by atoms with E-state index in [-0.39, 0.29) is 9.98 Å². The summed E-state index contributed by atoms with van der Waals surface area (Å²) in [4.78, 5) is 0.282. The van der Waals surface area contributed by atoms with Crippen LogP contribution in [0.2, 0.25) is 0 Å². The summed E-state index contributed by atoms with van der Waals surface area (Å²) in [5.74, 6) is 0. The van der Waals surface area contributed by atoms with Gasteiger partial charge in [0.15, 0.2) is 0 Å². The Bertz CT molecular complexity index is 307. The Labute approximate surface area is 79.2 Å². The molecule has 0 aliphatic heterocycles. The molecule has 12 heavy (non-hydrogen) atoms. The SMILES string of the molecule is NC(=S)c1cc(C(N)=S)nnn1. The molecule has 1 aromatic rings. The van der Waals surface area contributed by atoms with Gasteiger partial charge in [-0.3, -0.25) is 0 Å². The fraction of sp³-hybridized carbons (Fsp3) is 0. The van der Waals surface area contributed by atoms with E-state index in [9.17, 15) is 0 Å². The van der Waals surface area contributed by atoms with Crippen LogP contribution in [0.3, 0.4) is 0 Å². The minimum atomic E-state index is 0.141. The second-order valence-corrected chi connectivity index (χ2v) is 2.81. The molecule has 62 valence electrons. The lowest BCUT2D eigenvalue weighted by Crippen LogP contribution is -2.18. The first-order valence-corrected chi connectivity index (χ1v) is 3.73. The van der Waals surface area contributed by atoms with Crippen molar-refractivity contribution < 1.29 is 0 Å². The molecule has 0 saturated carbocycles. The predicted octanol–water partition coefficient (Wildman–Crippen LogP) is -0.860. The molecule has 5 nitrogen and oxygen atoms in total. The zero-order chi connectivity index (χ0) is 9.14. The van der Waals surface area contributed by atoms with Crippen molar-refractivity contribution in [2.24, 2.45) is 11.5 Å². The van der Waals surface area contributed by atoms with Crippen molar-refractivity contribution in [1.82, 2.24) is 15.4 Å². The van der Waals surface area contributed by atoms with Crippen LogP contribution in [0, 0.1) is 0 Å². The number of hydrogen-bond donors (Lipinski definition) is 2. The molecule has 0 bridgehead atoms. The highest BCUT2D eigenvalue weighted by Crippen LogP contribution is 1.95. The molecular formula is C5H5N5S2. The van der Waals surface area contributed by atoms with Crippen molar-refractivity contribution in [2.75, 3.05) is 0 Å². The maximum atomic E-state index is 5.30. The van der Waals surface area contributed by atoms with Gasteiger partial charge >= 0.3 is 0 Å². The van der Waals surface area contributed by atoms with E-state index in [1.54, 1.807) is 0 Å². The molecule has 0 aromatic carbocycles.